The summed E-state index contributed by atoms with van der Waals surface area (Å²) in [5.41, 5.74) is 15.6. The number of fused-ring (bicyclic) bond motifs is 5. The molecule has 0 aliphatic rings. The highest BCUT2D eigenvalue weighted by Gasteiger charge is 2.20. The Hall–Kier alpha value is -14.5. The first-order valence-electron chi connectivity index (χ1n) is 39.6. The number of Topliss-reactive ketones (excluding diaryl/α,β-unsaturated/α-hetero) is 5. The van der Waals surface area contributed by atoms with Crippen LogP contribution in [-0.4, -0.2) is 84.9 Å². The predicted molar refractivity (Wildman–Crippen MR) is 480 cm³/mol. The first kappa shape index (κ1) is 89.9. The molecular weight excluding hydrogens is 1530 g/mol. The topological polar surface area (TPSA) is 293 Å². The van der Waals surface area contributed by atoms with Gasteiger partial charge in [0.2, 0.25) is 0 Å². The average molecular weight is 1630 g/mol. The number of carbonyl (C=O) groups excluding carboxylic acids is 5. The molecular formula is C100H99N11O11. The van der Waals surface area contributed by atoms with Crippen molar-refractivity contribution in [2.75, 3.05) is 7.11 Å². The number of ether oxygens (including phenoxy) is 1. The molecule has 0 aliphatic carbocycles. The Morgan fingerprint density at radius 1 is 0.287 bits per heavy atom. The van der Waals surface area contributed by atoms with Gasteiger partial charge in [0.15, 0.2) is 0 Å². The summed E-state index contributed by atoms with van der Waals surface area (Å²) in [6, 6.07) is 69.8. The molecule has 22 heteroatoms. The summed E-state index contributed by atoms with van der Waals surface area (Å²) in [6.07, 6.45) is 2.66. The Bertz CT molecular complexity index is 6720. The van der Waals surface area contributed by atoms with E-state index in [0.717, 1.165) is 66.2 Å². The number of aromatic nitrogens is 10. The van der Waals surface area contributed by atoms with Crippen molar-refractivity contribution in [2.45, 2.75) is 120 Å². The highest BCUT2D eigenvalue weighted by atomic mass is 16.5. The highest BCUT2D eigenvalue weighted by molar-refractivity contribution is 5.94. The largest absolute Gasteiger partial charge is 0.496 e. The van der Waals surface area contributed by atoms with Crippen LogP contribution in [0, 0.1) is 59.8 Å². The second-order valence-corrected chi connectivity index (χ2v) is 30.5. The summed E-state index contributed by atoms with van der Waals surface area (Å²) in [5.74, 6) is 1.08. The molecule has 0 fully saturated rings. The SMILES string of the molecule is C.COc1cc(CC(=O)Cc2nn(C)c(=O)c3ccccc23)ccc1C.Cc1ccc(CC(=O)Cc2nn(C)c(=O)c3ccccc23)cc1.Cc1ccc(CC(=O)Cc2nn(C)c(=O)c3ccccc23)cc1C.Cc1ccc(CC(=O)Cc2nn(C)c(=O)c3ccccc23)cc1C.Cc1ccc(CC(=O)Cc2nn(C)c(=O)c3ccccc23)cc1C#N. The van der Waals surface area contributed by atoms with Gasteiger partial charge in [-0.3, -0.25) is 47.9 Å². The van der Waals surface area contributed by atoms with Crippen molar-refractivity contribution in [3.8, 4) is 11.8 Å². The number of hydrogen-bond donors (Lipinski definition) is 0. The van der Waals surface area contributed by atoms with E-state index in [-0.39, 0.29) is 103 Å². The molecule has 0 aliphatic heterocycles. The number of hydrogen-bond acceptors (Lipinski definition) is 17. The number of nitriles is 1. The van der Waals surface area contributed by atoms with Gasteiger partial charge in [0, 0.05) is 94.3 Å². The van der Waals surface area contributed by atoms with E-state index >= 15 is 0 Å². The summed E-state index contributed by atoms with van der Waals surface area (Å²) in [5, 5.41) is 37.2. The number of benzene rings is 10. The second kappa shape index (κ2) is 40.8. The van der Waals surface area contributed by atoms with E-state index in [2.05, 4.69) is 57.5 Å². The molecule has 0 amide bonds. The van der Waals surface area contributed by atoms with Gasteiger partial charge in [-0.2, -0.15) is 30.8 Å². The van der Waals surface area contributed by atoms with E-state index in [1.807, 2.05) is 198 Å². The van der Waals surface area contributed by atoms with Crippen molar-refractivity contribution < 1.29 is 28.7 Å². The smallest absolute Gasteiger partial charge is 0.274 e. The Morgan fingerprint density at radius 2 is 0.516 bits per heavy atom. The number of carbonyl (C=O) groups is 5. The van der Waals surface area contributed by atoms with Crippen molar-refractivity contribution >= 4 is 82.8 Å². The molecule has 5 aromatic heterocycles. The zero-order chi connectivity index (χ0) is 86.9. The third-order valence-corrected chi connectivity index (χ3v) is 21.2. The molecule has 0 atom stereocenters. The zero-order valence-corrected chi connectivity index (χ0v) is 70.3. The lowest BCUT2D eigenvalue weighted by Gasteiger charge is -2.09. The number of ketones is 5. The van der Waals surface area contributed by atoms with Gasteiger partial charge in [0.1, 0.15) is 34.7 Å². The fourth-order valence-corrected chi connectivity index (χ4v) is 14.3. The molecule has 0 unspecified atom stereocenters. The standard InChI is InChI=1S/C20H17N3O2.C20H20N2O3.2C20H20N2O2.C19H18N2O2.CH4/c1-13-7-8-14(9-15(13)12-21)10-16(24)11-19-17-5-3-4-6-18(17)20(25)23(2)22-19;1-13-8-9-14(11-19(13)25-3)10-15(23)12-18-16-6-4-5-7-17(16)20(24)22(2)21-18;2*1-13-8-9-15(10-14(13)2)11-16(23)12-19-17-6-4-5-7-18(17)20(24)22(3)21-19;1-13-7-9-14(10-8-13)11-15(22)12-18-16-5-3-4-6-17(16)19(23)21(2)20-18;/h3-9H,10-11H2,1-2H3;4-9,11H,10,12H2,1-3H3;2*4-10H,11-12H2,1-3H3;3-10H,11-12H2,1-2H3;1H4. The van der Waals surface area contributed by atoms with E-state index in [1.165, 1.54) is 51.2 Å². The summed E-state index contributed by atoms with van der Waals surface area (Å²) >= 11 is 0. The van der Waals surface area contributed by atoms with Crippen LogP contribution in [0.15, 0.2) is 242 Å². The maximum Gasteiger partial charge on any atom is 0.274 e. The van der Waals surface area contributed by atoms with Crippen molar-refractivity contribution in [2.24, 2.45) is 35.2 Å². The minimum Gasteiger partial charge on any atom is -0.496 e. The summed E-state index contributed by atoms with van der Waals surface area (Å²) < 4.78 is 11.8. The van der Waals surface area contributed by atoms with Gasteiger partial charge >= 0.3 is 0 Å². The van der Waals surface area contributed by atoms with Crippen LogP contribution in [0.2, 0.25) is 0 Å². The molecule has 0 saturated carbocycles. The van der Waals surface area contributed by atoms with Crippen molar-refractivity contribution in [1.29, 1.82) is 5.26 Å². The minimum atomic E-state index is -0.177. The van der Waals surface area contributed by atoms with Crippen LogP contribution in [0.3, 0.4) is 0 Å². The van der Waals surface area contributed by atoms with E-state index in [0.29, 0.717) is 92.0 Å². The van der Waals surface area contributed by atoms with Crippen LogP contribution in [-0.2, 0) is 123 Å². The van der Waals surface area contributed by atoms with Crippen LogP contribution >= 0.6 is 0 Å². The fraction of sp³-hybridized carbons (Fsp3) is 0.240. The minimum absolute atomic E-state index is 0. The lowest BCUT2D eigenvalue weighted by molar-refractivity contribution is -0.118. The molecule has 15 rings (SSSR count). The summed E-state index contributed by atoms with van der Waals surface area (Å²) in [7, 11) is 9.66. The van der Waals surface area contributed by atoms with Crippen LogP contribution in [0.4, 0.5) is 0 Å². The number of rotatable bonds is 21. The van der Waals surface area contributed by atoms with Crippen LogP contribution in [0.25, 0.3) is 53.9 Å². The first-order chi connectivity index (χ1) is 57.9. The molecule has 5 heterocycles. The van der Waals surface area contributed by atoms with Crippen LogP contribution in [0.1, 0.15) is 108 Å². The van der Waals surface area contributed by atoms with E-state index < -0.39 is 0 Å². The molecule has 22 nitrogen and oxygen atoms in total. The molecule has 15 aromatic rings. The highest BCUT2D eigenvalue weighted by Crippen LogP contribution is 2.24. The quantitative estimate of drug-likeness (QED) is 0.0645. The summed E-state index contributed by atoms with van der Waals surface area (Å²) in [4.78, 5) is 123. The molecule has 0 bridgehead atoms. The number of methoxy groups -OCH3 is 1. The Morgan fingerprint density at radius 3 is 0.779 bits per heavy atom. The average Bonchev–Trinajstić information content (AvgIpc) is 0.815. The predicted octanol–water partition coefficient (Wildman–Crippen LogP) is 14.1. The van der Waals surface area contributed by atoms with Crippen LogP contribution < -0.4 is 32.5 Å². The normalized spacial score (nSPS) is 10.8. The third-order valence-electron chi connectivity index (χ3n) is 21.2. The fourth-order valence-electron chi connectivity index (χ4n) is 14.3. The maximum absolute atomic E-state index is 12.5. The lowest BCUT2D eigenvalue weighted by Crippen LogP contribution is -2.22. The van der Waals surface area contributed by atoms with Gasteiger partial charge in [0.25, 0.3) is 27.8 Å². The number of nitrogens with zero attached hydrogens (tertiary/aromatic N) is 11. The van der Waals surface area contributed by atoms with E-state index in [9.17, 15) is 47.9 Å². The van der Waals surface area contributed by atoms with Gasteiger partial charge in [-0.05, 0) is 152 Å². The van der Waals surface area contributed by atoms with Gasteiger partial charge in [0.05, 0.1) is 106 Å². The third kappa shape index (κ3) is 22.5. The molecule has 0 spiro atoms. The van der Waals surface area contributed by atoms with Gasteiger partial charge in [-0.25, -0.2) is 23.4 Å². The molecule has 620 valence electrons. The van der Waals surface area contributed by atoms with E-state index in [4.69, 9.17) is 10.00 Å². The Labute approximate surface area is 707 Å². The molecule has 10 aromatic carbocycles. The molecule has 0 radical (unpaired) electrons. The lowest BCUT2D eigenvalue weighted by atomic mass is 9.99. The zero-order valence-electron chi connectivity index (χ0n) is 70.3. The number of aryl methyl sites for hydroxylation is 12. The molecule has 0 saturated heterocycles. The maximum atomic E-state index is 12.5. The summed E-state index contributed by atoms with van der Waals surface area (Å²) in [6.45, 7) is 14.1. The van der Waals surface area contributed by atoms with Gasteiger partial charge < -0.3 is 4.74 Å². The second-order valence-electron chi connectivity index (χ2n) is 30.5. The Balaban J connectivity index is 0.000000160. The Kier molecular flexibility index (Phi) is 30.1. The molecule has 0 N–H and O–H groups in total. The van der Waals surface area contributed by atoms with Gasteiger partial charge in [-0.1, -0.05) is 189 Å². The van der Waals surface area contributed by atoms with Crippen molar-refractivity contribution in [3.05, 3.63) is 371 Å². The van der Waals surface area contributed by atoms with Crippen LogP contribution in [0.5, 0.6) is 5.75 Å². The molecule has 122 heavy (non-hydrogen) atoms. The van der Waals surface area contributed by atoms with Crippen molar-refractivity contribution in [1.82, 2.24) is 48.9 Å². The van der Waals surface area contributed by atoms with E-state index in [1.54, 1.807) is 84.8 Å². The monoisotopic (exact) mass is 1630 g/mol. The van der Waals surface area contributed by atoms with Crippen molar-refractivity contribution in [3.63, 3.8) is 0 Å². The first-order valence-corrected chi connectivity index (χ1v) is 39.6. The van der Waals surface area contributed by atoms with Gasteiger partial charge in [-0.15, -0.1) is 0 Å².